The molecule has 1 fully saturated rings. The van der Waals surface area contributed by atoms with Crippen molar-refractivity contribution in [3.63, 3.8) is 0 Å². The van der Waals surface area contributed by atoms with E-state index in [1.165, 1.54) is 4.90 Å². The van der Waals surface area contributed by atoms with Crippen molar-refractivity contribution < 1.29 is 14.0 Å². The number of primary amides is 1. The summed E-state index contributed by atoms with van der Waals surface area (Å²) in [6.45, 7) is -0.198. The van der Waals surface area contributed by atoms with Crippen LogP contribution in [0.15, 0.2) is 12.3 Å². The van der Waals surface area contributed by atoms with Crippen LogP contribution in [-0.4, -0.2) is 34.3 Å². The molecule has 0 aromatic carbocycles. The fourth-order valence-corrected chi connectivity index (χ4v) is 2.66. The third kappa shape index (κ3) is 3.25. The Morgan fingerprint density at radius 3 is 2.70 bits per heavy atom. The highest BCUT2D eigenvalue weighted by molar-refractivity contribution is 6.32. The number of hydrogen-bond donors (Lipinski definition) is 1. The van der Waals surface area contributed by atoms with Crippen molar-refractivity contribution in [1.82, 2.24) is 9.88 Å². The molecule has 2 amide bonds. The summed E-state index contributed by atoms with van der Waals surface area (Å²) in [5, 5.41) is -0.0798. The van der Waals surface area contributed by atoms with Gasteiger partial charge in [0.05, 0.1) is 18.3 Å². The largest absolute Gasteiger partial charge is 0.368 e. The molecule has 1 aliphatic carbocycles. The molecule has 0 bridgehead atoms. The predicted octanol–water partition coefficient (Wildman–Crippen LogP) is 1.74. The highest BCUT2D eigenvalue weighted by Crippen LogP contribution is 2.26. The van der Waals surface area contributed by atoms with Crippen LogP contribution >= 0.6 is 11.6 Å². The van der Waals surface area contributed by atoms with E-state index in [0.29, 0.717) is 0 Å². The second-order valence-electron chi connectivity index (χ2n) is 4.83. The van der Waals surface area contributed by atoms with Crippen LogP contribution in [0.4, 0.5) is 4.39 Å². The van der Waals surface area contributed by atoms with Gasteiger partial charge in [0, 0.05) is 6.04 Å². The van der Waals surface area contributed by atoms with Crippen molar-refractivity contribution in [2.75, 3.05) is 6.54 Å². The summed E-state index contributed by atoms with van der Waals surface area (Å²) < 4.78 is 13.2. The van der Waals surface area contributed by atoms with Gasteiger partial charge in [0.25, 0.3) is 5.91 Å². The van der Waals surface area contributed by atoms with E-state index < -0.39 is 17.6 Å². The molecule has 2 rings (SSSR count). The van der Waals surface area contributed by atoms with Gasteiger partial charge in [-0.25, -0.2) is 9.37 Å². The van der Waals surface area contributed by atoms with E-state index in [4.69, 9.17) is 17.3 Å². The van der Waals surface area contributed by atoms with Crippen LogP contribution in [0.1, 0.15) is 36.0 Å². The minimum Gasteiger partial charge on any atom is -0.368 e. The zero-order valence-corrected chi connectivity index (χ0v) is 11.6. The van der Waals surface area contributed by atoms with Crippen molar-refractivity contribution in [2.45, 2.75) is 31.7 Å². The van der Waals surface area contributed by atoms with Crippen LogP contribution in [0, 0.1) is 5.82 Å². The first kappa shape index (κ1) is 14.7. The van der Waals surface area contributed by atoms with Crippen molar-refractivity contribution in [3.8, 4) is 0 Å². The highest BCUT2D eigenvalue weighted by atomic mass is 35.5. The van der Waals surface area contributed by atoms with Crippen molar-refractivity contribution in [2.24, 2.45) is 5.73 Å². The maximum absolute atomic E-state index is 13.2. The second kappa shape index (κ2) is 6.17. The Kier molecular flexibility index (Phi) is 4.54. The number of pyridine rings is 1. The topological polar surface area (TPSA) is 76.3 Å². The number of carbonyl (C=O) groups excluding carboxylic acids is 2. The summed E-state index contributed by atoms with van der Waals surface area (Å²) in [4.78, 5) is 28.6. The number of carbonyl (C=O) groups is 2. The molecule has 108 valence electrons. The van der Waals surface area contributed by atoms with E-state index in [1.54, 1.807) is 0 Å². The van der Waals surface area contributed by atoms with Crippen LogP contribution in [0.2, 0.25) is 5.15 Å². The SMILES string of the molecule is NC(=O)CN(C(=O)c1cc(F)cnc1Cl)C1CCCC1. The van der Waals surface area contributed by atoms with Gasteiger partial charge < -0.3 is 10.6 Å². The number of amides is 2. The van der Waals surface area contributed by atoms with E-state index in [0.717, 1.165) is 37.9 Å². The van der Waals surface area contributed by atoms with Gasteiger partial charge in [-0.1, -0.05) is 24.4 Å². The van der Waals surface area contributed by atoms with Crippen molar-refractivity contribution in [3.05, 3.63) is 28.8 Å². The molecular weight excluding hydrogens is 285 g/mol. The van der Waals surface area contributed by atoms with Crippen LogP contribution in [0.3, 0.4) is 0 Å². The molecule has 5 nitrogen and oxygen atoms in total. The molecule has 0 aliphatic heterocycles. The lowest BCUT2D eigenvalue weighted by atomic mass is 10.1. The van der Waals surface area contributed by atoms with E-state index in [-0.39, 0.29) is 23.3 Å². The van der Waals surface area contributed by atoms with E-state index in [1.807, 2.05) is 0 Å². The Balaban J connectivity index is 2.29. The molecule has 1 aromatic heterocycles. The number of hydrogen-bond acceptors (Lipinski definition) is 3. The Morgan fingerprint density at radius 2 is 2.10 bits per heavy atom. The molecule has 0 atom stereocenters. The van der Waals surface area contributed by atoms with Gasteiger partial charge in [-0.15, -0.1) is 0 Å². The molecule has 1 saturated carbocycles. The quantitative estimate of drug-likeness (QED) is 0.860. The second-order valence-corrected chi connectivity index (χ2v) is 5.19. The first-order valence-electron chi connectivity index (χ1n) is 6.39. The van der Waals surface area contributed by atoms with E-state index in [9.17, 15) is 14.0 Å². The van der Waals surface area contributed by atoms with E-state index in [2.05, 4.69) is 4.98 Å². The normalized spacial score (nSPS) is 15.3. The molecule has 2 N–H and O–H groups in total. The molecule has 1 aliphatic rings. The fourth-order valence-electron chi connectivity index (χ4n) is 2.48. The fraction of sp³-hybridized carbons (Fsp3) is 0.462. The zero-order chi connectivity index (χ0) is 14.7. The Bertz CT molecular complexity index is 532. The lowest BCUT2D eigenvalue weighted by Crippen LogP contribution is -2.44. The Hall–Kier alpha value is -1.69. The Morgan fingerprint density at radius 1 is 1.45 bits per heavy atom. The van der Waals surface area contributed by atoms with Crippen molar-refractivity contribution in [1.29, 1.82) is 0 Å². The summed E-state index contributed by atoms with van der Waals surface area (Å²) in [6, 6.07) is 0.968. The van der Waals surface area contributed by atoms with Gasteiger partial charge in [0.15, 0.2) is 0 Å². The molecule has 0 spiro atoms. The van der Waals surface area contributed by atoms with Crippen molar-refractivity contribution >= 4 is 23.4 Å². The van der Waals surface area contributed by atoms with Gasteiger partial charge in [-0.05, 0) is 18.9 Å². The van der Waals surface area contributed by atoms with Gasteiger partial charge in [-0.2, -0.15) is 0 Å². The summed E-state index contributed by atoms with van der Waals surface area (Å²) in [6.07, 6.45) is 4.52. The summed E-state index contributed by atoms with van der Waals surface area (Å²) in [5.41, 5.74) is 5.15. The summed E-state index contributed by atoms with van der Waals surface area (Å²) >= 11 is 5.84. The zero-order valence-electron chi connectivity index (χ0n) is 10.8. The minimum atomic E-state index is -0.650. The molecule has 1 heterocycles. The van der Waals surface area contributed by atoms with Crippen LogP contribution in [0.5, 0.6) is 0 Å². The molecule has 0 saturated heterocycles. The molecular formula is C13H15ClFN3O2. The monoisotopic (exact) mass is 299 g/mol. The lowest BCUT2D eigenvalue weighted by Gasteiger charge is -2.28. The summed E-state index contributed by atoms with van der Waals surface area (Å²) in [5.74, 6) is -1.76. The molecule has 0 unspecified atom stereocenters. The standard InChI is InChI=1S/C13H15ClFN3O2/c14-12-10(5-8(15)6-17-12)13(20)18(7-11(16)19)9-3-1-2-4-9/h5-6,9H,1-4,7H2,(H2,16,19). The molecule has 20 heavy (non-hydrogen) atoms. The molecule has 7 heteroatoms. The number of rotatable bonds is 4. The first-order chi connectivity index (χ1) is 9.49. The number of aromatic nitrogens is 1. The van der Waals surface area contributed by atoms with Gasteiger partial charge in [0.2, 0.25) is 5.91 Å². The molecule has 0 radical (unpaired) electrons. The van der Waals surface area contributed by atoms with Gasteiger partial charge in [0.1, 0.15) is 11.0 Å². The minimum absolute atomic E-state index is 0.0418. The first-order valence-corrected chi connectivity index (χ1v) is 6.77. The number of nitrogens with zero attached hydrogens (tertiary/aromatic N) is 2. The number of halogens is 2. The smallest absolute Gasteiger partial charge is 0.257 e. The van der Waals surface area contributed by atoms with Crippen LogP contribution < -0.4 is 5.73 Å². The van der Waals surface area contributed by atoms with Gasteiger partial charge in [-0.3, -0.25) is 9.59 Å². The van der Waals surface area contributed by atoms with E-state index >= 15 is 0 Å². The third-order valence-corrected chi connectivity index (χ3v) is 3.69. The average molecular weight is 300 g/mol. The lowest BCUT2D eigenvalue weighted by molar-refractivity contribution is -0.119. The highest BCUT2D eigenvalue weighted by Gasteiger charge is 2.30. The maximum Gasteiger partial charge on any atom is 0.257 e. The maximum atomic E-state index is 13.2. The third-order valence-electron chi connectivity index (χ3n) is 3.39. The predicted molar refractivity (Wildman–Crippen MR) is 71.7 cm³/mol. The summed E-state index contributed by atoms with van der Waals surface area (Å²) in [7, 11) is 0. The molecule has 1 aromatic rings. The van der Waals surface area contributed by atoms with Gasteiger partial charge >= 0.3 is 0 Å². The Labute approximate surface area is 120 Å². The van der Waals surface area contributed by atoms with Crippen LogP contribution in [-0.2, 0) is 4.79 Å². The van der Waals surface area contributed by atoms with Crippen LogP contribution in [0.25, 0.3) is 0 Å². The number of nitrogens with two attached hydrogens (primary N) is 1. The average Bonchev–Trinajstić information content (AvgIpc) is 2.91.